The fourth-order valence-corrected chi connectivity index (χ4v) is 11.5. The van der Waals surface area contributed by atoms with Crippen molar-refractivity contribution in [3.8, 4) is 0 Å². The summed E-state index contributed by atoms with van der Waals surface area (Å²) in [5, 5.41) is 9.30. The first-order valence-corrected chi connectivity index (χ1v) is 19.1. The molecule has 0 radical (unpaired) electrons. The molecule has 2 saturated carbocycles. The van der Waals surface area contributed by atoms with Crippen LogP contribution in [0.25, 0.3) is 33.7 Å². The van der Waals surface area contributed by atoms with E-state index in [4.69, 9.17) is 14.7 Å². The van der Waals surface area contributed by atoms with Crippen molar-refractivity contribution in [3.05, 3.63) is 58.7 Å². The van der Waals surface area contributed by atoms with Gasteiger partial charge in [-0.1, -0.05) is 45.9 Å². The molecular formula is C43H54N4O4. The highest BCUT2D eigenvalue weighted by molar-refractivity contribution is 6.00. The highest BCUT2D eigenvalue weighted by Gasteiger charge is 2.68. The van der Waals surface area contributed by atoms with Gasteiger partial charge in [0.15, 0.2) is 0 Å². The lowest BCUT2D eigenvalue weighted by Crippen LogP contribution is -2.63. The van der Waals surface area contributed by atoms with Gasteiger partial charge in [-0.25, -0.2) is 9.97 Å². The Morgan fingerprint density at radius 2 is 1.69 bits per heavy atom. The zero-order chi connectivity index (χ0) is 36.1. The van der Waals surface area contributed by atoms with E-state index in [9.17, 15) is 14.7 Å². The Morgan fingerprint density at radius 1 is 0.941 bits per heavy atom. The number of aromatic nitrogens is 2. The summed E-state index contributed by atoms with van der Waals surface area (Å²) >= 11 is 0. The van der Waals surface area contributed by atoms with Crippen molar-refractivity contribution in [2.45, 2.75) is 80.1 Å². The second kappa shape index (κ2) is 11.7. The van der Waals surface area contributed by atoms with Gasteiger partial charge in [0, 0.05) is 43.7 Å². The summed E-state index contributed by atoms with van der Waals surface area (Å²) in [4.78, 5) is 41.1. The number of esters is 1. The number of aliphatic hydroxyl groups excluding tert-OH is 1. The minimum Gasteiger partial charge on any atom is -0.469 e. The number of aryl methyl sites for hydroxylation is 1. The number of carbonyl (C=O) groups excluding carboxylic acids is 2. The molecule has 2 heterocycles. The molecule has 3 aromatic rings. The average Bonchev–Trinajstić information content (AvgIpc) is 3.12. The van der Waals surface area contributed by atoms with Crippen molar-refractivity contribution in [2.75, 3.05) is 46.4 Å². The third-order valence-electron chi connectivity index (χ3n) is 15.3. The fraction of sp³-hybridized carbons (Fsp3) is 0.581. The lowest BCUT2D eigenvalue weighted by Gasteiger charge is -2.70. The average molecular weight is 691 g/mol. The molecule has 1 aromatic heterocycles. The lowest BCUT2D eigenvalue weighted by molar-refractivity contribution is -0.190. The Hall–Kier alpha value is -3.62. The molecule has 8 heteroatoms. The van der Waals surface area contributed by atoms with Gasteiger partial charge in [0.05, 0.1) is 41.2 Å². The number of rotatable bonds is 4. The van der Waals surface area contributed by atoms with Gasteiger partial charge in [0.25, 0.3) is 5.91 Å². The summed E-state index contributed by atoms with van der Waals surface area (Å²) in [5.41, 5.74) is 8.43. The molecule has 1 aliphatic heterocycles. The third-order valence-corrected chi connectivity index (χ3v) is 15.3. The highest BCUT2D eigenvalue weighted by atomic mass is 16.5. The number of aliphatic hydroxyl groups is 1. The zero-order valence-corrected chi connectivity index (χ0v) is 31.6. The second-order valence-corrected chi connectivity index (χ2v) is 17.7. The molecule has 5 aliphatic rings. The molecule has 3 fully saturated rings. The zero-order valence-electron chi connectivity index (χ0n) is 31.6. The number of ether oxygens (including phenoxy) is 1. The fourth-order valence-electron chi connectivity index (χ4n) is 11.5. The number of carbonyl (C=O) groups is 2. The van der Waals surface area contributed by atoms with Gasteiger partial charge in [-0.15, -0.1) is 0 Å². The van der Waals surface area contributed by atoms with Crippen molar-refractivity contribution in [1.82, 2.24) is 19.8 Å². The maximum absolute atomic E-state index is 13.5. The standard InChI is InChI=1S/C43H54N4O4/c1-27-29-10-12-41(4)31(11-13-42(5)35-26-40(3,38(50)51-7)15-14-39(35,2)16-17-43(41,42)6)30(29)25-34-36(27)45-32-9-8-28(24-33(32)44-34)37(49)47-20-18-46(19-21-47)22-23-48/h8-12,24-25,35,48H,13-23,26H2,1-7H3/t35-,39-,40-,41-,42+,43-/m1/s1. The first kappa shape index (κ1) is 34.5. The molecule has 1 amide bonds. The summed E-state index contributed by atoms with van der Waals surface area (Å²) < 4.78 is 5.37. The van der Waals surface area contributed by atoms with Gasteiger partial charge in [-0.2, -0.15) is 0 Å². The quantitative estimate of drug-likeness (QED) is 0.224. The van der Waals surface area contributed by atoms with Crippen molar-refractivity contribution >= 4 is 45.6 Å². The van der Waals surface area contributed by atoms with Gasteiger partial charge in [0.1, 0.15) is 0 Å². The van der Waals surface area contributed by atoms with Gasteiger partial charge >= 0.3 is 5.97 Å². The van der Waals surface area contributed by atoms with E-state index >= 15 is 0 Å². The number of piperazine rings is 1. The second-order valence-electron chi connectivity index (χ2n) is 17.7. The number of hydrogen-bond acceptors (Lipinski definition) is 7. The van der Waals surface area contributed by atoms with Crippen LogP contribution in [-0.2, 0) is 9.53 Å². The number of β-amino-alcohol motifs (C(OH)–C–C–N with tert-alkyl or cyclic N) is 1. The van der Waals surface area contributed by atoms with Crippen molar-refractivity contribution < 1.29 is 19.4 Å². The minimum absolute atomic E-state index is 0.00606. The molecule has 1 N–H and O–H groups in total. The van der Waals surface area contributed by atoms with Crippen LogP contribution in [0.4, 0.5) is 0 Å². The van der Waals surface area contributed by atoms with Crippen molar-refractivity contribution in [2.24, 2.45) is 33.0 Å². The van der Waals surface area contributed by atoms with Crippen LogP contribution in [0.1, 0.15) is 100 Å². The number of nitrogens with zero attached hydrogens (tertiary/aromatic N) is 4. The number of methoxy groups -OCH3 is 1. The Balaban J connectivity index is 1.17. The molecular weight excluding hydrogens is 636 g/mol. The monoisotopic (exact) mass is 690 g/mol. The predicted octanol–water partition coefficient (Wildman–Crippen LogP) is 7.45. The topological polar surface area (TPSA) is 95.9 Å². The molecule has 4 aliphatic carbocycles. The van der Waals surface area contributed by atoms with Crippen LogP contribution in [0, 0.1) is 39.9 Å². The van der Waals surface area contributed by atoms with E-state index in [0.29, 0.717) is 31.1 Å². The Labute approximate surface area is 302 Å². The molecule has 0 unspecified atom stereocenters. The molecule has 1 saturated heterocycles. The Kier molecular flexibility index (Phi) is 7.90. The molecule has 8 nitrogen and oxygen atoms in total. The van der Waals surface area contributed by atoms with Crippen LogP contribution in [0.5, 0.6) is 0 Å². The van der Waals surface area contributed by atoms with Crippen LogP contribution in [0.3, 0.4) is 0 Å². The van der Waals surface area contributed by atoms with E-state index in [-0.39, 0.29) is 40.1 Å². The summed E-state index contributed by atoms with van der Waals surface area (Å²) in [5.74, 6) is 0.361. The number of hydrogen-bond donors (Lipinski definition) is 1. The summed E-state index contributed by atoms with van der Waals surface area (Å²) in [6, 6.07) is 7.96. The predicted molar refractivity (Wildman–Crippen MR) is 202 cm³/mol. The molecule has 270 valence electrons. The molecule has 8 rings (SSSR count). The molecule has 6 atom stereocenters. The minimum atomic E-state index is -0.447. The van der Waals surface area contributed by atoms with Crippen LogP contribution < -0.4 is 0 Å². The van der Waals surface area contributed by atoms with Crippen LogP contribution >= 0.6 is 0 Å². The summed E-state index contributed by atoms with van der Waals surface area (Å²) in [6.45, 7) is 17.9. The molecule has 0 spiro atoms. The van der Waals surface area contributed by atoms with E-state index in [1.807, 2.05) is 23.1 Å². The van der Waals surface area contributed by atoms with Gasteiger partial charge in [-0.05, 0) is 121 Å². The Bertz CT molecular complexity index is 2030. The Morgan fingerprint density at radius 3 is 2.41 bits per heavy atom. The normalized spacial score (nSPS) is 34.7. The van der Waals surface area contributed by atoms with Crippen LogP contribution in [0.2, 0.25) is 0 Å². The third kappa shape index (κ3) is 4.84. The SMILES string of the molecule is COC(=O)[C@]1(C)CC[C@]2(C)CC[C@@]3(C)[C@@](C)(CC=C4c5cc6nc7cc(C(=O)N8CCN(CCO)CC8)ccc7nc6c(C)c5C=C[C@]43C)[C@@H]2C1. The lowest BCUT2D eigenvalue weighted by atomic mass is 9.33. The smallest absolute Gasteiger partial charge is 0.311 e. The molecule has 51 heavy (non-hydrogen) atoms. The highest BCUT2D eigenvalue weighted by Crippen LogP contribution is 2.76. The summed E-state index contributed by atoms with van der Waals surface area (Å²) in [7, 11) is 1.54. The van der Waals surface area contributed by atoms with E-state index in [1.165, 1.54) is 23.8 Å². The summed E-state index contributed by atoms with van der Waals surface area (Å²) in [6.07, 6.45) is 13.5. The number of fused-ring (bicyclic) bond motifs is 9. The van der Waals surface area contributed by atoms with E-state index in [2.05, 4.69) is 70.7 Å². The number of benzene rings is 2. The van der Waals surface area contributed by atoms with Crippen molar-refractivity contribution in [3.63, 3.8) is 0 Å². The van der Waals surface area contributed by atoms with Crippen LogP contribution in [0.15, 0.2) is 36.4 Å². The van der Waals surface area contributed by atoms with E-state index in [1.54, 1.807) is 0 Å². The van der Waals surface area contributed by atoms with E-state index in [0.717, 1.165) is 79.2 Å². The van der Waals surface area contributed by atoms with Crippen LogP contribution in [-0.4, -0.2) is 83.2 Å². The van der Waals surface area contributed by atoms with E-state index < -0.39 is 5.41 Å². The maximum atomic E-state index is 13.5. The first-order chi connectivity index (χ1) is 24.2. The first-order valence-electron chi connectivity index (χ1n) is 19.1. The van der Waals surface area contributed by atoms with Gasteiger partial charge in [-0.3, -0.25) is 14.5 Å². The molecule has 0 bridgehead atoms. The maximum Gasteiger partial charge on any atom is 0.311 e. The number of allylic oxidation sites excluding steroid dienone is 3. The van der Waals surface area contributed by atoms with Gasteiger partial charge < -0.3 is 14.7 Å². The number of amides is 1. The van der Waals surface area contributed by atoms with Gasteiger partial charge in [0.2, 0.25) is 0 Å². The largest absolute Gasteiger partial charge is 0.469 e. The van der Waals surface area contributed by atoms with Crippen molar-refractivity contribution in [1.29, 1.82) is 0 Å². The molecule has 2 aromatic carbocycles.